The van der Waals surface area contributed by atoms with E-state index in [0.29, 0.717) is 30.0 Å². The van der Waals surface area contributed by atoms with Crippen LogP contribution >= 0.6 is 0 Å². The number of anilines is 1. The van der Waals surface area contributed by atoms with Crippen LogP contribution in [0.25, 0.3) is 0 Å². The summed E-state index contributed by atoms with van der Waals surface area (Å²) in [6, 6.07) is 21.8. The molecule has 0 bridgehead atoms. The van der Waals surface area contributed by atoms with E-state index in [4.69, 9.17) is 9.47 Å². The maximum absolute atomic E-state index is 15.0. The van der Waals surface area contributed by atoms with Gasteiger partial charge in [0.2, 0.25) is 11.8 Å². The number of hydrogen-bond donors (Lipinski definition) is 1. The Kier molecular flexibility index (Phi) is 9.17. The predicted molar refractivity (Wildman–Crippen MR) is 177 cm³/mol. The van der Waals surface area contributed by atoms with Crippen LogP contribution in [0.15, 0.2) is 77.9 Å². The second-order valence-corrected chi connectivity index (χ2v) is 14.0. The van der Waals surface area contributed by atoms with Gasteiger partial charge in [0, 0.05) is 11.3 Å². The van der Waals surface area contributed by atoms with Gasteiger partial charge < -0.3 is 14.8 Å². The predicted octanol–water partition coefficient (Wildman–Crippen LogP) is 7.12. The van der Waals surface area contributed by atoms with Crippen LogP contribution < -0.4 is 5.32 Å². The molecule has 0 radical (unpaired) electrons. The normalized spacial score (nSPS) is 18.3. The molecule has 1 aliphatic heterocycles. The average molecular weight is 640 g/mol. The summed E-state index contributed by atoms with van der Waals surface area (Å²) in [6.07, 6.45) is 5.57. The highest BCUT2D eigenvalue weighted by molar-refractivity contribution is 5.98. The van der Waals surface area contributed by atoms with Gasteiger partial charge in [0.1, 0.15) is 11.4 Å². The molecule has 0 aromatic heterocycles. The van der Waals surface area contributed by atoms with Crippen LogP contribution in [0.4, 0.5) is 10.1 Å². The number of carbonyl (C=O) groups is 3. The van der Waals surface area contributed by atoms with E-state index in [9.17, 15) is 18.8 Å². The minimum atomic E-state index is -0.717. The van der Waals surface area contributed by atoms with E-state index < -0.39 is 16.8 Å². The number of hydrazone groups is 1. The lowest BCUT2D eigenvalue weighted by molar-refractivity contribution is -0.161. The van der Waals surface area contributed by atoms with Gasteiger partial charge in [-0.1, -0.05) is 55.3 Å². The zero-order chi connectivity index (χ0) is 33.2. The Hall–Kier alpha value is -4.53. The van der Waals surface area contributed by atoms with Gasteiger partial charge in [0.15, 0.2) is 6.61 Å². The van der Waals surface area contributed by atoms with Crippen molar-refractivity contribution in [3.63, 3.8) is 0 Å². The number of esters is 1. The Morgan fingerprint density at radius 2 is 1.74 bits per heavy atom. The third kappa shape index (κ3) is 7.72. The molecular formula is C38H42FN3O5. The summed E-state index contributed by atoms with van der Waals surface area (Å²) in [5.74, 6) is -0.873. The molecule has 2 amide bonds. The lowest BCUT2D eigenvalue weighted by atomic mass is 9.83. The SMILES string of the molecule is CC(C)(C)OC(=O)C1(Cc2cc(NC(=O)C(c3ccc(CN4N=C(c5ccccc5)OCC4=O)cc3)C3CCCC3)ccc2F)CC1. The summed E-state index contributed by atoms with van der Waals surface area (Å²) in [5.41, 5.74) is 2.14. The number of ether oxygens (including phenoxy) is 2. The molecule has 246 valence electrons. The van der Waals surface area contributed by atoms with Crippen molar-refractivity contribution in [3.8, 4) is 0 Å². The van der Waals surface area contributed by atoms with E-state index >= 15 is 0 Å². The molecule has 3 aromatic rings. The number of carbonyl (C=O) groups excluding carboxylic acids is 3. The van der Waals surface area contributed by atoms with Gasteiger partial charge in [-0.15, -0.1) is 5.10 Å². The Labute approximate surface area is 275 Å². The van der Waals surface area contributed by atoms with Crippen molar-refractivity contribution >= 4 is 29.4 Å². The molecule has 1 unspecified atom stereocenters. The number of benzene rings is 3. The van der Waals surface area contributed by atoms with Gasteiger partial charge in [-0.05, 0) is 106 Å². The minimum absolute atomic E-state index is 0.0805. The van der Waals surface area contributed by atoms with Gasteiger partial charge >= 0.3 is 5.97 Å². The van der Waals surface area contributed by atoms with Crippen LogP contribution in [0.1, 0.15) is 87.5 Å². The van der Waals surface area contributed by atoms with Crippen molar-refractivity contribution in [2.45, 2.75) is 83.8 Å². The highest BCUT2D eigenvalue weighted by atomic mass is 19.1. The Morgan fingerprint density at radius 3 is 2.40 bits per heavy atom. The fourth-order valence-electron chi connectivity index (χ4n) is 6.54. The van der Waals surface area contributed by atoms with Crippen LogP contribution in [-0.2, 0) is 36.8 Å². The number of nitrogens with one attached hydrogen (secondary N) is 1. The number of nitrogens with zero attached hydrogens (tertiary/aromatic N) is 2. The standard InChI is InChI=1S/C38H42FN3O5/c1-37(2,3)47-36(45)38(19-20-38)22-29-21-30(17-18-31(29)39)40-34(44)33(26-9-7-8-10-26)27-15-13-25(14-16-27)23-42-32(43)24-46-35(41-42)28-11-5-4-6-12-28/h4-6,11-18,21,26,33H,7-10,19-20,22-24H2,1-3H3,(H,40,44). The summed E-state index contributed by atoms with van der Waals surface area (Å²) in [6.45, 7) is 5.68. The number of halogens is 1. The fourth-order valence-corrected chi connectivity index (χ4v) is 6.54. The lowest BCUT2D eigenvalue weighted by Crippen LogP contribution is -2.36. The van der Waals surface area contributed by atoms with Crippen LogP contribution in [0, 0.1) is 17.2 Å². The monoisotopic (exact) mass is 639 g/mol. The van der Waals surface area contributed by atoms with Gasteiger partial charge in [0.05, 0.1) is 17.9 Å². The van der Waals surface area contributed by atoms with Crippen LogP contribution in [0.2, 0.25) is 0 Å². The van der Waals surface area contributed by atoms with Crippen molar-refractivity contribution in [3.05, 3.63) is 101 Å². The summed E-state index contributed by atoms with van der Waals surface area (Å²) in [4.78, 5) is 39.4. The van der Waals surface area contributed by atoms with Gasteiger partial charge in [-0.3, -0.25) is 14.4 Å². The van der Waals surface area contributed by atoms with Crippen molar-refractivity contribution in [2.24, 2.45) is 16.4 Å². The molecule has 2 saturated carbocycles. The molecule has 3 aromatic carbocycles. The zero-order valence-corrected chi connectivity index (χ0v) is 27.3. The maximum Gasteiger partial charge on any atom is 0.312 e. The molecule has 1 heterocycles. The molecule has 6 rings (SSSR count). The van der Waals surface area contributed by atoms with E-state index in [-0.39, 0.29) is 49.2 Å². The Balaban J connectivity index is 1.17. The second-order valence-electron chi connectivity index (χ2n) is 14.0. The second kappa shape index (κ2) is 13.3. The van der Waals surface area contributed by atoms with E-state index in [1.165, 1.54) is 11.1 Å². The number of hydrogen-bond acceptors (Lipinski definition) is 6. The number of rotatable bonds is 10. The molecule has 0 saturated heterocycles. The Morgan fingerprint density at radius 1 is 1.04 bits per heavy atom. The first-order chi connectivity index (χ1) is 22.5. The number of amides is 2. The zero-order valence-electron chi connectivity index (χ0n) is 27.3. The molecule has 47 heavy (non-hydrogen) atoms. The molecule has 8 nitrogen and oxygen atoms in total. The molecule has 1 N–H and O–H groups in total. The topological polar surface area (TPSA) is 97.3 Å². The molecule has 0 spiro atoms. The Bertz CT molecular complexity index is 1650. The van der Waals surface area contributed by atoms with Crippen molar-refractivity contribution < 1.29 is 28.2 Å². The van der Waals surface area contributed by atoms with Gasteiger partial charge in [-0.25, -0.2) is 9.40 Å². The van der Waals surface area contributed by atoms with Crippen LogP contribution in [0.5, 0.6) is 0 Å². The molecular weight excluding hydrogens is 597 g/mol. The van der Waals surface area contributed by atoms with Gasteiger partial charge in [0.25, 0.3) is 5.91 Å². The van der Waals surface area contributed by atoms with Crippen molar-refractivity contribution in [1.29, 1.82) is 0 Å². The first-order valence-corrected chi connectivity index (χ1v) is 16.5. The van der Waals surface area contributed by atoms with Crippen LogP contribution in [0.3, 0.4) is 0 Å². The molecule has 1 atom stereocenters. The highest BCUT2D eigenvalue weighted by Crippen LogP contribution is 2.50. The lowest BCUT2D eigenvalue weighted by Gasteiger charge is -2.25. The quantitative estimate of drug-likeness (QED) is 0.238. The summed E-state index contributed by atoms with van der Waals surface area (Å²) in [7, 11) is 0. The third-order valence-corrected chi connectivity index (χ3v) is 9.20. The first-order valence-electron chi connectivity index (χ1n) is 16.5. The van der Waals surface area contributed by atoms with Crippen molar-refractivity contribution in [2.75, 3.05) is 11.9 Å². The third-order valence-electron chi connectivity index (χ3n) is 9.20. The van der Waals surface area contributed by atoms with E-state index in [2.05, 4.69) is 10.4 Å². The molecule has 9 heteroatoms. The van der Waals surface area contributed by atoms with E-state index in [1.807, 2.05) is 75.4 Å². The summed E-state index contributed by atoms with van der Waals surface area (Å²) in [5, 5.41) is 8.93. The van der Waals surface area contributed by atoms with Crippen molar-refractivity contribution in [1.82, 2.24) is 5.01 Å². The van der Waals surface area contributed by atoms with Crippen LogP contribution in [-0.4, -0.2) is 40.9 Å². The van der Waals surface area contributed by atoms with E-state index in [0.717, 1.165) is 42.4 Å². The minimum Gasteiger partial charge on any atom is -0.466 e. The summed E-state index contributed by atoms with van der Waals surface area (Å²) < 4.78 is 26.2. The molecule has 2 fully saturated rings. The fraction of sp³-hybridized carbons (Fsp3) is 0.421. The maximum atomic E-state index is 15.0. The van der Waals surface area contributed by atoms with E-state index in [1.54, 1.807) is 12.1 Å². The molecule has 2 aliphatic carbocycles. The summed E-state index contributed by atoms with van der Waals surface area (Å²) >= 11 is 0. The average Bonchev–Trinajstić information content (AvgIpc) is 3.64. The largest absolute Gasteiger partial charge is 0.466 e. The first kappa shape index (κ1) is 32.4. The highest BCUT2D eigenvalue weighted by Gasteiger charge is 2.52. The molecule has 3 aliphatic rings. The van der Waals surface area contributed by atoms with Gasteiger partial charge in [-0.2, -0.15) is 0 Å². The smallest absolute Gasteiger partial charge is 0.312 e.